The van der Waals surface area contributed by atoms with Crippen LogP contribution in [0.15, 0.2) is 53.0 Å². The summed E-state index contributed by atoms with van der Waals surface area (Å²) in [4.78, 5) is 26.0. The summed E-state index contributed by atoms with van der Waals surface area (Å²) in [6, 6.07) is 14.1. The summed E-state index contributed by atoms with van der Waals surface area (Å²) in [6.07, 6.45) is 0. The van der Waals surface area contributed by atoms with Crippen LogP contribution in [0.3, 0.4) is 0 Å². The van der Waals surface area contributed by atoms with E-state index in [4.69, 9.17) is 20.9 Å². The first kappa shape index (κ1) is 20.2. The molecule has 3 rings (SSSR count). The zero-order chi connectivity index (χ0) is 19.4. The Bertz CT molecular complexity index is 889. The van der Waals surface area contributed by atoms with E-state index in [2.05, 4.69) is 21.0 Å². The second kappa shape index (κ2) is 8.63. The van der Waals surface area contributed by atoms with E-state index in [9.17, 15) is 9.59 Å². The molecule has 0 fully saturated rings. The molecule has 142 valence electrons. The normalized spacial score (nSPS) is 15.6. The Kier molecular flexibility index (Phi) is 6.44. The predicted octanol–water partition coefficient (Wildman–Crippen LogP) is 3.97. The molecule has 0 saturated heterocycles. The maximum atomic E-state index is 12.4. The summed E-state index contributed by atoms with van der Waals surface area (Å²) in [5, 5.41) is 3.08. The van der Waals surface area contributed by atoms with Crippen molar-refractivity contribution in [2.75, 3.05) is 19.7 Å². The van der Waals surface area contributed by atoms with Crippen LogP contribution in [0.2, 0.25) is 0 Å². The van der Waals surface area contributed by atoms with Crippen molar-refractivity contribution < 1.29 is 18.6 Å². The molecule has 9 heteroatoms. The fourth-order valence-electron chi connectivity index (χ4n) is 2.66. The summed E-state index contributed by atoms with van der Waals surface area (Å²) >= 11 is 8.98. The fourth-order valence-corrected chi connectivity index (χ4v) is 5.33. The van der Waals surface area contributed by atoms with Crippen LogP contribution < -0.4 is 9.61 Å². The van der Waals surface area contributed by atoms with Crippen LogP contribution in [-0.2, 0) is 16.3 Å². The standard InChI is InChI=1S/C18H18BrN2O4PS/c1-2-24-26(27,25-16-10-6-5-9-15(16)19)20-11-12-21-17(22)13-7-3-4-8-14(13)18(21)23/h3-10H,2,11-12H2,1H3,(H,20,27)/t26-/m0/s1. The lowest BCUT2D eigenvalue weighted by Gasteiger charge is -2.24. The first-order valence-corrected chi connectivity index (χ1v) is 11.8. The van der Waals surface area contributed by atoms with Crippen LogP contribution >= 0.6 is 22.6 Å². The SMILES string of the molecule is CCO[P@@](=S)(NCCN1C(=O)c2ccccc2C1=O)Oc1ccccc1Br. The highest BCUT2D eigenvalue weighted by Gasteiger charge is 2.35. The third-order valence-corrected chi connectivity index (χ3v) is 7.10. The van der Waals surface area contributed by atoms with Crippen molar-refractivity contribution in [1.82, 2.24) is 9.99 Å². The maximum absolute atomic E-state index is 12.4. The number of imide groups is 1. The average molecular weight is 469 g/mol. The molecule has 6 nitrogen and oxygen atoms in total. The molecule has 0 aliphatic carbocycles. The summed E-state index contributed by atoms with van der Waals surface area (Å²) in [5.41, 5.74) is 0.854. The summed E-state index contributed by atoms with van der Waals surface area (Å²) in [6.45, 7) is -0.179. The molecule has 1 aliphatic rings. The first-order valence-electron chi connectivity index (χ1n) is 8.34. The number of carbonyl (C=O) groups excluding carboxylic acids is 2. The number of rotatable bonds is 8. The quantitative estimate of drug-likeness (QED) is 0.466. The highest BCUT2D eigenvalue weighted by molar-refractivity contribution is 9.10. The zero-order valence-corrected chi connectivity index (χ0v) is 17.9. The van der Waals surface area contributed by atoms with Gasteiger partial charge in [-0.25, -0.2) is 5.09 Å². The number of fused-ring (bicyclic) bond motifs is 1. The molecule has 0 unspecified atom stereocenters. The summed E-state index contributed by atoms with van der Waals surface area (Å²) < 4.78 is 12.3. The van der Waals surface area contributed by atoms with Crippen LogP contribution in [0, 0.1) is 0 Å². The van der Waals surface area contributed by atoms with Gasteiger partial charge >= 0.3 is 6.64 Å². The Morgan fingerprint density at radius 2 is 1.67 bits per heavy atom. The van der Waals surface area contributed by atoms with E-state index >= 15 is 0 Å². The molecule has 2 aromatic rings. The lowest BCUT2D eigenvalue weighted by molar-refractivity contribution is 0.0656. The highest BCUT2D eigenvalue weighted by Crippen LogP contribution is 2.46. The second-order valence-electron chi connectivity index (χ2n) is 5.65. The van der Waals surface area contributed by atoms with E-state index in [1.807, 2.05) is 25.1 Å². The number of carbonyl (C=O) groups is 2. The minimum atomic E-state index is -2.83. The Labute approximate surface area is 171 Å². The molecule has 1 N–H and O–H groups in total. The monoisotopic (exact) mass is 468 g/mol. The highest BCUT2D eigenvalue weighted by atomic mass is 79.9. The van der Waals surface area contributed by atoms with Crippen molar-refractivity contribution in [3.63, 3.8) is 0 Å². The molecule has 0 spiro atoms. The van der Waals surface area contributed by atoms with Gasteiger partial charge in [-0.15, -0.1) is 0 Å². The van der Waals surface area contributed by atoms with Gasteiger partial charge in [-0.1, -0.05) is 24.3 Å². The first-order chi connectivity index (χ1) is 12.9. The lowest BCUT2D eigenvalue weighted by atomic mass is 10.1. The average Bonchev–Trinajstić information content (AvgIpc) is 2.89. The minimum Gasteiger partial charge on any atom is -0.432 e. The van der Waals surface area contributed by atoms with Crippen LogP contribution in [0.1, 0.15) is 27.6 Å². The Balaban J connectivity index is 1.65. The van der Waals surface area contributed by atoms with Crippen LogP contribution in [0.5, 0.6) is 5.75 Å². The van der Waals surface area contributed by atoms with E-state index in [-0.39, 0.29) is 24.9 Å². The number of para-hydroxylation sites is 1. The minimum absolute atomic E-state index is 0.178. The van der Waals surface area contributed by atoms with Gasteiger partial charge in [0.05, 0.1) is 22.2 Å². The number of benzene rings is 2. The van der Waals surface area contributed by atoms with Gasteiger partial charge in [0.2, 0.25) is 0 Å². The molecule has 1 aliphatic heterocycles. The Morgan fingerprint density at radius 1 is 1.07 bits per heavy atom. The van der Waals surface area contributed by atoms with E-state index in [1.54, 1.807) is 30.3 Å². The Hall–Kier alpha value is -1.57. The van der Waals surface area contributed by atoms with Crippen molar-refractivity contribution in [3.8, 4) is 5.75 Å². The molecule has 0 radical (unpaired) electrons. The number of halogens is 1. The van der Waals surface area contributed by atoms with Crippen LogP contribution in [0.25, 0.3) is 0 Å². The molecule has 0 saturated carbocycles. The van der Waals surface area contributed by atoms with Gasteiger partial charge in [0.25, 0.3) is 11.8 Å². The fraction of sp³-hybridized carbons (Fsp3) is 0.222. The topological polar surface area (TPSA) is 67.9 Å². The molecular formula is C18H18BrN2O4PS. The third-order valence-electron chi connectivity index (χ3n) is 3.87. The largest absolute Gasteiger partial charge is 0.432 e. The lowest BCUT2D eigenvalue weighted by Crippen LogP contribution is -2.36. The Morgan fingerprint density at radius 3 is 2.26 bits per heavy atom. The zero-order valence-electron chi connectivity index (χ0n) is 14.6. The van der Waals surface area contributed by atoms with Gasteiger partial charge < -0.3 is 9.05 Å². The van der Waals surface area contributed by atoms with Gasteiger partial charge in [0.15, 0.2) is 0 Å². The number of hydrogen-bond donors (Lipinski definition) is 1. The molecule has 2 amide bonds. The van der Waals surface area contributed by atoms with Crippen LogP contribution in [0.4, 0.5) is 0 Å². The van der Waals surface area contributed by atoms with E-state index in [0.717, 1.165) is 4.47 Å². The summed E-state index contributed by atoms with van der Waals surface area (Å²) in [7, 11) is 0. The van der Waals surface area contributed by atoms with Crippen molar-refractivity contribution in [2.24, 2.45) is 0 Å². The maximum Gasteiger partial charge on any atom is 0.312 e. The number of nitrogens with one attached hydrogen (secondary N) is 1. The number of amides is 2. The van der Waals surface area contributed by atoms with Crippen molar-refractivity contribution >= 4 is 46.2 Å². The molecule has 0 aromatic heterocycles. The van der Waals surface area contributed by atoms with Crippen LogP contribution in [-0.4, -0.2) is 36.4 Å². The van der Waals surface area contributed by atoms with Gasteiger partial charge in [-0.05, 0) is 58.9 Å². The van der Waals surface area contributed by atoms with Crippen molar-refractivity contribution in [2.45, 2.75) is 6.92 Å². The van der Waals surface area contributed by atoms with E-state index < -0.39 is 6.64 Å². The number of hydrogen-bond acceptors (Lipinski definition) is 5. The predicted molar refractivity (Wildman–Crippen MR) is 110 cm³/mol. The van der Waals surface area contributed by atoms with Crippen molar-refractivity contribution in [1.29, 1.82) is 0 Å². The smallest absolute Gasteiger partial charge is 0.312 e. The van der Waals surface area contributed by atoms with Gasteiger partial charge in [0, 0.05) is 13.1 Å². The molecule has 2 aromatic carbocycles. The molecule has 1 heterocycles. The second-order valence-corrected chi connectivity index (χ2v) is 9.70. The molecule has 0 bridgehead atoms. The molecular weight excluding hydrogens is 451 g/mol. The molecule has 1 atom stereocenters. The summed E-state index contributed by atoms with van der Waals surface area (Å²) in [5.74, 6) is -0.0230. The van der Waals surface area contributed by atoms with Gasteiger partial charge in [-0.3, -0.25) is 14.5 Å². The van der Waals surface area contributed by atoms with Gasteiger partial charge in [0.1, 0.15) is 5.75 Å². The van der Waals surface area contributed by atoms with Crippen molar-refractivity contribution in [3.05, 3.63) is 64.1 Å². The number of nitrogens with zero attached hydrogens (tertiary/aromatic N) is 1. The molecule has 27 heavy (non-hydrogen) atoms. The van der Waals surface area contributed by atoms with E-state index in [1.165, 1.54) is 4.90 Å². The van der Waals surface area contributed by atoms with Gasteiger partial charge in [-0.2, -0.15) is 0 Å². The van der Waals surface area contributed by atoms with E-state index in [0.29, 0.717) is 23.5 Å². The third kappa shape index (κ3) is 4.47.